The standard InChI is InChI=1S/C24H25NO5/c1-28-21-13-12-19(14-20(21)24(26)27)25(15-17-8-5-4-6-9-17)16-18-10-7-11-22(29-2)23(18)30-3/h4-14H,15-16H2,1-3H3,(H,26,27). The molecule has 1 N–H and O–H groups in total. The third-order valence-corrected chi connectivity index (χ3v) is 4.84. The van der Waals surface area contributed by atoms with Gasteiger partial charge in [0.2, 0.25) is 0 Å². The van der Waals surface area contributed by atoms with E-state index in [0.717, 1.165) is 16.8 Å². The topological polar surface area (TPSA) is 68.2 Å². The van der Waals surface area contributed by atoms with E-state index in [0.29, 0.717) is 30.3 Å². The number of carbonyl (C=O) groups is 1. The van der Waals surface area contributed by atoms with E-state index >= 15 is 0 Å². The van der Waals surface area contributed by atoms with Gasteiger partial charge in [-0.05, 0) is 29.8 Å². The highest BCUT2D eigenvalue weighted by Crippen LogP contribution is 2.34. The van der Waals surface area contributed by atoms with Crippen LogP contribution in [0.15, 0.2) is 66.7 Å². The largest absolute Gasteiger partial charge is 0.496 e. The first-order valence-electron chi connectivity index (χ1n) is 9.47. The smallest absolute Gasteiger partial charge is 0.339 e. The zero-order valence-corrected chi connectivity index (χ0v) is 17.3. The van der Waals surface area contributed by atoms with E-state index in [2.05, 4.69) is 4.90 Å². The second-order valence-electron chi connectivity index (χ2n) is 6.68. The van der Waals surface area contributed by atoms with Crippen molar-refractivity contribution < 1.29 is 24.1 Å². The lowest BCUT2D eigenvalue weighted by atomic mass is 10.1. The first-order valence-corrected chi connectivity index (χ1v) is 9.47. The van der Waals surface area contributed by atoms with Gasteiger partial charge in [0.15, 0.2) is 11.5 Å². The average molecular weight is 407 g/mol. The minimum Gasteiger partial charge on any atom is -0.496 e. The summed E-state index contributed by atoms with van der Waals surface area (Å²) in [4.78, 5) is 13.8. The molecule has 3 aromatic carbocycles. The van der Waals surface area contributed by atoms with Crippen LogP contribution in [0.25, 0.3) is 0 Å². The summed E-state index contributed by atoms with van der Waals surface area (Å²) in [6.07, 6.45) is 0. The molecule has 156 valence electrons. The number of rotatable bonds is 9. The molecule has 0 saturated heterocycles. The van der Waals surface area contributed by atoms with Gasteiger partial charge in [-0.15, -0.1) is 0 Å². The van der Waals surface area contributed by atoms with Gasteiger partial charge in [-0.25, -0.2) is 4.79 Å². The highest BCUT2D eigenvalue weighted by atomic mass is 16.5. The van der Waals surface area contributed by atoms with Crippen LogP contribution >= 0.6 is 0 Å². The molecule has 0 unspecified atom stereocenters. The molecule has 0 aliphatic rings. The summed E-state index contributed by atoms with van der Waals surface area (Å²) >= 11 is 0. The first-order chi connectivity index (χ1) is 14.6. The van der Waals surface area contributed by atoms with Gasteiger partial charge in [-0.2, -0.15) is 0 Å². The van der Waals surface area contributed by atoms with Crippen LogP contribution in [0.4, 0.5) is 5.69 Å². The maximum absolute atomic E-state index is 11.7. The zero-order valence-electron chi connectivity index (χ0n) is 17.3. The second-order valence-corrected chi connectivity index (χ2v) is 6.68. The molecule has 6 heteroatoms. The van der Waals surface area contributed by atoms with E-state index in [1.807, 2.05) is 54.6 Å². The Labute approximate surface area is 176 Å². The molecule has 0 aliphatic heterocycles. The number of carboxylic acid groups (broad SMARTS) is 1. The Hall–Kier alpha value is -3.67. The maximum Gasteiger partial charge on any atom is 0.339 e. The summed E-state index contributed by atoms with van der Waals surface area (Å²) in [6, 6.07) is 20.9. The molecule has 0 aliphatic carbocycles. The number of anilines is 1. The summed E-state index contributed by atoms with van der Waals surface area (Å²) < 4.78 is 16.2. The SMILES string of the molecule is COc1ccc(N(Cc2ccccc2)Cc2cccc(OC)c2OC)cc1C(=O)O. The predicted molar refractivity (Wildman–Crippen MR) is 116 cm³/mol. The van der Waals surface area contributed by atoms with Crippen molar-refractivity contribution in [3.8, 4) is 17.2 Å². The number of aromatic carboxylic acids is 1. The van der Waals surface area contributed by atoms with Gasteiger partial charge in [0.05, 0.1) is 21.3 Å². The zero-order chi connectivity index (χ0) is 21.5. The van der Waals surface area contributed by atoms with Crippen LogP contribution in [0.2, 0.25) is 0 Å². The van der Waals surface area contributed by atoms with Gasteiger partial charge in [-0.1, -0.05) is 42.5 Å². The van der Waals surface area contributed by atoms with Crippen molar-refractivity contribution in [1.29, 1.82) is 0 Å². The molecule has 0 spiro atoms. The third kappa shape index (κ3) is 4.66. The fourth-order valence-electron chi connectivity index (χ4n) is 3.39. The second kappa shape index (κ2) is 9.69. The minimum absolute atomic E-state index is 0.116. The van der Waals surface area contributed by atoms with E-state index in [9.17, 15) is 9.90 Å². The number of benzene rings is 3. The van der Waals surface area contributed by atoms with Crippen molar-refractivity contribution in [2.24, 2.45) is 0 Å². The summed E-state index contributed by atoms with van der Waals surface area (Å²) in [6.45, 7) is 1.09. The van der Waals surface area contributed by atoms with Crippen LogP contribution in [0.5, 0.6) is 17.2 Å². The first kappa shape index (κ1) is 21.0. The van der Waals surface area contributed by atoms with E-state index < -0.39 is 5.97 Å². The molecule has 6 nitrogen and oxygen atoms in total. The van der Waals surface area contributed by atoms with Crippen molar-refractivity contribution in [1.82, 2.24) is 0 Å². The van der Waals surface area contributed by atoms with Gasteiger partial charge in [0, 0.05) is 24.3 Å². The quantitative estimate of drug-likeness (QED) is 0.558. The number of carboxylic acids is 1. The van der Waals surface area contributed by atoms with Gasteiger partial charge >= 0.3 is 5.97 Å². The van der Waals surface area contributed by atoms with Gasteiger partial charge in [0.1, 0.15) is 11.3 Å². The lowest BCUT2D eigenvalue weighted by molar-refractivity contribution is 0.0693. The Morgan fingerprint density at radius 3 is 2.20 bits per heavy atom. The van der Waals surface area contributed by atoms with E-state index in [1.165, 1.54) is 7.11 Å². The highest BCUT2D eigenvalue weighted by Gasteiger charge is 2.18. The molecular weight excluding hydrogens is 382 g/mol. The molecule has 0 saturated carbocycles. The fraction of sp³-hybridized carbons (Fsp3) is 0.208. The Balaban J connectivity index is 2.04. The minimum atomic E-state index is -1.03. The number of ether oxygens (including phenoxy) is 3. The Morgan fingerprint density at radius 2 is 1.57 bits per heavy atom. The molecule has 3 aromatic rings. The van der Waals surface area contributed by atoms with Crippen molar-refractivity contribution >= 4 is 11.7 Å². The number of methoxy groups -OCH3 is 3. The fourth-order valence-corrected chi connectivity index (χ4v) is 3.39. The van der Waals surface area contributed by atoms with Crippen LogP contribution in [-0.2, 0) is 13.1 Å². The number of nitrogens with zero attached hydrogens (tertiary/aromatic N) is 1. The van der Waals surface area contributed by atoms with E-state index in [-0.39, 0.29) is 5.56 Å². The van der Waals surface area contributed by atoms with Gasteiger partial charge in [-0.3, -0.25) is 0 Å². The Kier molecular flexibility index (Phi) is 6.80. The summed E-state index contributed by atoms with van der Waals surface area (Å²) in [5.41, 5.74) is 2.92. The maximum atomic E-state index is 11.7. The van der Waals surface area contributed by atoms with Crippen molar-refractivity contribution in [3.05, 3.63) is 83.4 Å². The Bertz CT molecular complexity index is 1000. The van der Waals surface area contributed by atoms with Gasteiger partial charge in [0.25, 0.3) is 0 Å². The molecule has 0 fully saturated rings. The van der Waals surface area contributed by atoms with E-state index in [1.54, 1.807) is 26.4 Å². The van der Waals surface area contributed by atoms with Crippen LogP contribution < -0.4 is 19.1 Å². The number of hydrogen-bond acceptors (Lipinski definition) is 5. The molecule has 30 heavy (non-hydrogen) atoms. The lowest BCUT2D eigenvalue weighted by Gasteiger charge is -2.27. The summed E-state index contributed by atoms with van der Waals surface area (Å²) in [5, 5.41) is 9.60. The van der Waals surface area contributed by atoms with Crippen LogP contribution in [-0.4, -0.2) is 32.4 Å². The molecule has 0 atom stereocenters. The predicted octanol–water partition coefficient (Wildman–Crippen LogP) is 4.62. The monoisotopic (exact) mass is 407 g/mol. The third-order valence-electron chi connectivity index (χ3n) is 4.84. The molecular formula is C24H25NO5. The molecule has 0 amide bonds. The lowest BCUT2D eigenvalue weighted by Crippen LogP contribution is -2.23. The van der Waals surface area contributed by atoms with Gasteiger partial charge < -0.3 is 24.2 Å². The average Bonchev–Trinajstić information content (AvgIpc) is 2.78. The molecule has 0 radical (unpaired) electrons. The van der Waals surface area contributed by atoms with Crippen LogP contribution in [0.1, 0.15) is 21.5 Å². The molecule has 0 aromatic heterocycles. The summed E-state index contributed by atoms with van der Waals surface area (Å²) in [5.74, 6) is 0.595. The molecule has 3 rings (SSSR count). The Morgan fingerprint density at radius 1 is 0.833 bits per heavy atom. The van der Waals surface area contributed by atoms with Crippen LogP contribution in [0.3, 0.4) is 0 Å². The number of hydrogen-bond donors (Lipinski definition) is 1. The van der Waals surface area contributed by atoms with Crippen molar-refractivity contribution in [3.63, 3.8) is 0 Å². The molecule has 0 heterocycles. The van der Waals surface area contributed by atoms with Crippen molar-refractivity contribution in [2.75, 3.05) is 26.2 Å². The summed E-state index contributed by atoms with van der Waals surface area (Å²) in [7, 11) is 4.68. The van der Waals surface area contributed by atoms with Crippen molar-refractivity contribution in [2.45, 2.75) is 13.1 Å². The normalized spacial score (nSPS) is 10.4. The van der Waals surface area contributed by atoms with E-state index in [4.69, 9.17) is 14.2 Å². The van der Waals surface area contributed by atoms with Crippen LogP contribution in [0, 0.1) is 0 Å². The highest BCUT2D eigenvalue weighted by molar-refractivity contribution is 5.92. The molecule has 0 bridgehead atoms. The number of para-hydroxylation sites is 1.